The van der Waals surface area contributed by atoms with Crippen LogP contribution in [-0.4, -0.2) is 48.9 Å². The van der Waals surface area contributed by atoms with E-state index in [0.29, 0.717) is 31.0 Å². The second-order valence-corrected chi connectivity index (χ2v) is 8.30. The van der Waals surface area contributed by atoms with Gasteiger partial charge in [-0.15, -0.1) is 0 Å². The number of hydrogen-bond acceptors (Lipinski definition) is 4. The van der Waals surface area contributed by atoms with Gasteiger partial charge in [-0.1, -0.05) is 48.0 Å². The zero-order valence-corrected chi connectivity index (χ0v) is 17.6. The predicted octanol–water partition coefficient (Wildman–Crippen LogP) is 2.03. The van der Waals surface area contributed by atoms with Gasteiger partial charge in [0.05, 0.1) is 0 Å². The van der Waals surface area contributed by atoms with Crippen LogP contribution in [0, 0.1) is 0 Å². The lowest BCUT2D eigenvalue weighted by Crippen LogP contribution is -2.54. The Morgan fingerprint density at radius 2 is 1.83 bits per heavy atom. The number of hydrogen-bond donors (Lipinski definition) is 3. The number of benzene rings is 2. The number of carbonyl (C=O) groups is 2. The van der Waals surface area contributed by atoms with Gasteiger partial charge in [0.15, 0.2) is 0 Å². The summed E-state index contributed by atoms with van der Waals surface area (Å²) in [5, 5.41) is 10.3. The molecule has 2 amide bonds. The summed E-state index contributed by atoms with van der Waals surface area (Å²) in [7, 11) is 0. The molecule has 158 valence electrons. The minimum atomic E-state index is -0.589. The Bertz CT molecular complexity index is 896. The molecule has 2 atom stereocenters. The van der Waals surface area contributed by atoms with Crippen molar-refractivity contribution in [1.82, 2.24) is 20.9 Å². The van der Waals surface area contributed by atoms with Crippen LogP contribution in [0.15, 0.2) is 48.5 Å². The van der Waals surface area contributed by atoms with Gasteiger partial charge in [0, 0.05) is 56.6 Å². The lowest BCUT2D eigenvalue weighted by atomic mass is 10.0. The fourth-order valence-electron chi connectivity index (χ4n) is 4.16. The van der Waals surface area contributed by atoms with Crippen LogP contribution in [0.25, 0.3) is 0 Å². The van der Waals surface area contributed by atoms with Crippen LogP contribution in [0.1, 0.15) is 29.2 Å². The quantitative estimate of drug-likeness (QED) is 0.661. The molecule has 0 saturated carbocycles. The lowest BCUT2D eigenvalue weighted by molar-refractivity contribution is -0.137. The van der Waals surface area contributed by atoms with Gasteiger partial charge in [0.1, 0.15) is 6.04 Å². The predicted molar refractivity (Wildman–Crippen MR) is 117 cm³/mol. The molecular weight excluding hydrogens is 400 g/mol. The van der Waals surface area contributed by atoms with Gasteiger partial charge in [-0.05, 0) is 28.8 Å². The van der Waals surface area contributed by atoms with E-state index in [4.69, 9.17) is 11.6 Å². The van der Waals surface area contributed by atoms with Crippen LogP contribution < -0.4 is 16.0 Å². The summed E-state index contributed by atoms with van der Waals surface area (Å²) in [6.45, 7) is 3.63. The molecule has 2 aliphatic rings. The van der Waals surface area contributed by atoms with Crippen LogP contribution in [0.5, 0.6) is 0 Å². The van der Waals surface area contributed by atoms with Crippen molar-refractivity contribution in [1.29, 1.82) is 0 Å². The molecule has 2 aromatic rings. The van der Waals surface area contributed by atoms with Crippen molar-refractivity contribution in [2.75, 3.05) is 26.2 Å². The molecule has 1 saturated heterocycles. The highest BCUT2D eigenvalue weighted by Crippen LogP contribution is 2.27. The Morgan fingerprint density at radius 1 is 1.10 bits per heavy atom. The third-order valence-corrected chi connectivity index (χ3v) is 6.03. The summed E-state index contributed by atoms with van der Waals surface area (Å²) in [6.07, 6.45) is 0.753. The molecule has 30 heavy (non-hydrogen) atoms. The summed E-state index contributed by atoms with van der Waals surface area (Å²) >= 11 is 5.99. The largest absolute Gasteiger partial charge is 0.344 e. The smallest absolute Gasteiger partial charge is 0.245 e. The molecule has 0 spiro atoms. The standard InChI is InChI=1S/C23H27ClN4O2/c24-18-7-5-16(6-8-18)13-21(23(30)28-11-9-25-10-12-28)27-22(29)14-20-19-4-2-1-3-17(19)15-26-20/h1-8,20-21,25-26H,9-15H2,(H,27,29)/t20?,21-/m1/s1. The average molecular weight is 427 g/mol. The monoisotopic (exact) mass is 426 g/mol. The van der Waals surface area contributed by atoms with Gasteiger partial charge in [-0.25, -0.2) is 0 Å². The van der Waals surface area contributed by atoms with Gasteiger partial charge in [-0.3, -0.25) is 9.59 Å². The number of nitrogens with zero attached hydrogens (tertiary/aromatic N) is 1. The first-order valence-corrected chi connectivity index (χ1v) is 10.8. The van der Waals surface area contributed by atoms with E-state index < -0.39 is 6.04 Å². The van der Waals surface area contributed by atoms with Gasteiger partial charge >= 0.3 is 0 Å². The van der Waals surface area contributed by atoms with E-state index in [0.717, 1.165) is 30.8 Å². The fraction of sp³-hybridized carbons (Fsp3) is 0.391. The van der Waals surface area contributed by atoms with E-state index in [2.05, 4.69) is 28.1 Å². The van der Waals surface area contributed by atoms with Crippen molar-refractivity contribution in [3.63, 3.8) is 0 Å². The average Bonchev–Trinajstić information content (AvgIpc) is 3.17. The molecule has 2 aliphatic heterocycles. The van der Waals surface area contributed by atoms with Crippen molar-refractivity contribution >= 4 is 23.4 Å². The summed E-state index contributed by atoms with van der Waals surface area (Å²) in [5.74, 6) is -0.147. The summed E-state index contributed by atoms with van der Waals surface area (Å²) < 4.78 is 0. The van der Waals surface area contributed by atoms with Crippen LogP contribution in [-0.2, 0) is 22.6 Å². The van der Waals surface area contributed by atoms with Crippen molar-refractivity contribution in [3.8, 4) is 0 Å². The molecule has 1 unspecified atom stereocenters. The first-order chi connectivity index (χ1) is 14.6. The zero-order valence-electron chi connectivity index (χ0n) is 16.9. The fourth-order valence-corrected chi connectivity index (χ4v) is 4.29. The molecule has 2 heterocycles. The van der Waals surface area contributed by atoms with E-state index in [1.807, 2.05) is 41.3 Å². The molecule has 6 nitrogen and oxygen atoms in total. The number of rotatable bonds is 6. The SMILES string of the molecule is O=C(CC1NCc2ccccc21)N[C@H](Cc1ccc(Cl)cc1)C(=O)N1CCNCC1. The molecule has 3 N–H and O–H groups in total. The maximum Gasteiger partial charge on any atom is 0.245 e. The van der Waals surface area contributed by atoms with E-state index >= 15 is 0 Å². The molecule has 0 aromatic heterocycles. The normalized spacial score (nSPS) is 19.2. The Morgan fingerprint density at radius 3 is 2.60 bits per heavy atom. The van der Waals surface area contributed by atoms with Crippen LogP contribution in [0.3, 0.4) is 0 Å². The molecule has 0 aliphatic carbocycles. The Labute approximate surface area is 182 Å². The maximum absolute atomic E-state index is 13.2. The van der Waals surface area contributed by atoms with Crippen molar-refractivity contribution in [2.45, 2.75) is 31.5 Å². The third-order valence-electron chi connectivity index (χ3n) is 5.77. The van der Waals surface area contributed by atoms with Crippen LogP contribution >= 0.6 is 11.6 Å². The van der Waals surface area contributed by atoms with Crippen LogP contribution in [0.4, 0.5) is 0 Å². The first-order valence-electron chi connectivity index (χ1n) is 10.4. The molecule has 0 radical (unpaired) electrons. The highest BCUT2D eigenvalue weighted by Gasteiger charge is 2.29. The van der Waals surface area contributed by atoms with E-state index in [-0.39, 0.29) is 17.9 Å². The molecule has 0 bridgehead atoms. The number of nitrogens with one attached hydrogen (secondary N) is 3. The van der Waals surface area contributed by atoms with E-state index in [9.17, 15) is 9.59 Å². The summed E-state index contributed by atoms with van der Waals surface area (Å²) in [5.41, 5.74) is 3.36. The molecule has 1 fully saturated rings. The van der Waals surface area contributed by atoms with E-state index in [1.165, 1.54) is 5.56 Å². The lowest BCUT2D eigenvalue weighted by Gasteiger charge is -2.31. The Balaban J connectivity index is 1.45. The van der Waals surface area contributed by atoms with Gasteiger partial charge in [-0.2, -0.15) is 0 Å². The van der Waals surface area contributed by atoms with Crippen LogP contribution in [0.2, 0.25) is 5.02 Å². The summed E-state index contributed by atoms with van der Waals surface area (Å²) in [4.78, 5) is 27.9. The number of amides is 2. The van der Waals surface area contributed by atoms with Crippen molar-refractivity contribution in [2.24, 2.45) is 0 Å². The minimum absolute atomic E-state index is 0.0216. The topological polar surface area (TPSA) is 73.5 Å². The highest BCUT2D eigenvalue weighted by atomic mass is 35.5. The van der Waals surface area contributed by atoms with Gasteiger partial charge in [0.2, 0.25) is 11.8 Å². The molecular formula is C23H27ClN4O2. The molecule has 7 heteroatoms. The molecule has 4 rings (SSSR count). The number of carbonyl (C=O) groups excluding carboxylic acids is 2. The highest BCUT2D eigenvalue weighted by molar-refractivity contribution is 6.30. The zero-order chi connectivity index (χ0) is 20.9. The van der Waals surface area contributed by atoms with Crippen molar-refractivity contribution < 1.29 is 9.59 Å². The van der Waals surface area contributed by atoms with E-state index in [1.54, 1.807) is 0 Å². The third kappa shape index (κ3) is 5.01. The van der Waals surface area contributed by atoms with Gasteiger partial charge < -0.3 is 20.9 Å². The number of piperazine rings is 1. The maximum atomic E-state index is 13.2. The molecule has 2 aromatic carbocycles. The summed E-state index contributed by atoms with van der Waals surface area (Å²) in [6, 6.07) is 15.0. The second-order valence-electron chi connectivity index (χ2n) is 7.86. The minimum Gasteiger partial charge on any atom is -0.344 e. The Hall–Kier alpha value is -2.41. The first kappa shape index (κ1) is 20.8. The number of fused-ring (bicyclic) bond motifs is 1. The van der Waals surface area contributed by atoms with Crippen molar-refractivity contribution in [3.05, 3.63) is 70.2 Å². The number of halogens is 1. The van der Waals surface area contributed by atoms with Gasteiger partial charge in [0.25, 0.3) is 0 Å². The second kappa shape index (κ2) is 9.60. The Kier molecular flexibility index (Phi) is 6.67.